The lowest BCUT2D eigenvalue weighted by atomic mass is 10.1. The van der Waals surface area contributed by atoms with Gasteiger partial charge in [-0.25, -0.2) is 17.6 Å². The van der Waals surface area contributed by atoms with Crippen molar-refractivity contribution in [1.82, 2.24) is 0 Å². The molecule has 0 aliphatic rings. The summed E-state index contributed by atoms with van der Waals surface area (Å²) < 4.78 is 212. The predicted octanol–water partition coefficient (Wildman–Crippen LogP) is 7.54. The van der Waals surface area contributed by atoms with E-state index in [1.165, 1.54) is 0 Å². The van der Waals surface area contributed by atoms with Gasteiger partial charge in [0, 0.05) is 0 Å². The molecule has 0 spiro atoms. The highest BCUT2D eigenvalue weighted by Gasteiger charge is 2.43. The summed E-state index contributed by atoms with van der Waals surface area (Å²) in [6.07, 6.45) is -6.03. The van der Waals surface area contributed by atoms with Crippen LogP contribution in [-0.4, -0.2) is 0 Å². The van der Waals surface area contributed by atoms with Crippen LogP contribution in [0, 0.1) is 69.8 Å². The van der Waals surface area contributed by atoms with Crippen molar-refractivity contribution in [3.8, 4) is 23.0 Å². The van der Waals surface area contributed by atoms with Crippen LogP contribution in [-0.2, 0) is 6.18 Å². The van der Waals surface area contributed by atoms with E-state index in [1.807, 2.05) is 0 Å². The van der Waals surface area contributed by atoms with Gasteiger partial charge in [-0.3, -0.25) is 0 Å². The molecule has 0 radical (unpaired) electrons. The molecule has 0 aliphatic carbocycles. The summed E-state index contributed by atoms with van der Waals surface area (Å²) in [5, 5.41) is 0. The zero-order chi connectivity index (χ0) is 28.3. The van der Waals surface area contributed by atoms with E-state index < -0.39 is 110 Å². The third-order valence-corrected chi connectivity index (χ3v) is 4.35. The second-order valence-electron chi connectivity index (χ2n) is 6.57. The van der Waals surface area contributed by atoms with Gasteiger partial charge in [0.2, 0.25) is 69.5 Å². The second-order valence-corrected chi connectivity index (χ2v) is 6.57. The van der Waals surface area contributed by atoms with Gasteiger partial charge in [-0.15, -0.1) is 0 Å². The fraction of sp³-hybridized carbons (Fsp3) is 0.0526. The molecule has 2 N–H and O–H groups in total. The number of anilines is 1. The van der Waals surface area contributed by atoms with Crippen LogP contribution in [0.15, 0.2) is 0 Å². The lowest BCUT2D eigenvalue weighted by Gasteiger charge is -2.17. The van der Waals surface area contributed by atoms with Gasteiger partial charge in [-0.2, -0.15) is 48.3 Å². The molecular weight excluding hydrogens is 559 g/mol. The van der Waals surface area contributed by atoms with Crippen LogP contribution in [0.1, 0.15) is 5.56 Å². The molecule has 3 aromatic rings. The number of benzene rings is 3. The van der Waals surface area contributed by atoms with Crippen molar-refractivity contribution in [1.29, 1.82) is 0 Å². The van der Waals surface area contributed by atoms with E-state index in [0.29, 0.717) is 0 Å². The zero-order valence-corrected chi connectivity index (χ0v) is 16.6. The van der Waals surface area contributed by atoms with Crippen LogP contribution in [0.3, 0.4) is 0 Å². The first kappa shape index (κ1) is 27.6. The smallest absolute Gasteiger partial charge is 0.422 e. The summed E-state index contributed by atoms with van der Waals surface area (Å²) in [5.74, 6) is -43.9. The monoisotopic (exact) mass is 561 g/mol. The van der Waals surface area contributed by atoms with Gasteiger partial charge in [0.1, 0.15) is 11.3 Å². The van der Waals surface area contributed by atoms with Gasteiger partial charge in [0.25, 0.3) is 0 Å². The number of ether oxygens (including phenoxy) is 2. The first-order valence-corrected chi connectivity index (χ1v) is 8.69. The SMILES string of the molecule is Nc1c(F)c(F)c(Oc2c(F)c(F)c(Oc3c(F)c(F)c(C(F)(F)F)c(F)c3F)c(F)c2F)c(F)c1F. The number of rotatable bonds is 4. The van der Waals surface area contributed by atoms with Crippen LogP contribution < -0.4 is 15.2 Å². The van der Waals surface area contributed by atoms with E-state index in [9.17, 15) is 65.9 Å². The molecule has 3 nitrogen and oxygen atoms in total. The molecule has 0 saturated heterocycles. The highest BCUT2D eigenvalue weighted by molar-refractivity contribution is 5.50. The normalized spacial score (nSPS) is 11.8. The van der Waals surface area contributed by atoms with Gasteiger partial charge >= 0.3 is 6.18 Å². The van der Waals surface area contributed by atoms with E-state index in [-0.39, 0.29) is 0 Å². The van der Waals surface area contributed by atoms with Crippen molar-refractivity contribution < 1.29 is 75.3 Å². The number of alkyl halides is 3. The van der Waals surface area contributed by atoms with Crippen molar-refractivity contribution in [2.75, 3.05) is 5.73 Å². The maximum absolute atomic E-state index is 14.3. The average Bonchev–Trinajstić information content (AvgIpc) is 2.82. The third-order valence-electron chi connectivity index (χ3n) is 4.35. The zero-order valence-electron chi connectivity index (χ0n) is 16.6. The summed E-state index contributed by atoms with van der Waals surface area (Å²) >= 11 is 0. The molecule has 18 heteroatoms. The summed E-state index contributed by atoms with van der Waals surface area (Å²) in [6, 6.07) is 0. The molecule has 0 unspecified atom stereocenters. The van der Waals surface area contributed by atoms with Crippen molar-refractivity contribution in [2.45, 2.75) is 6.18 Å². The van der Waals surface area contributed by atoms with E-state index in [1.54, 1.807) is 0 Å². The molecule has 0 aromatic heterocycles. The van der Waals surface area contributed by atoms with Gasteiger partial charge in [-0.05, 0) is 0 Å². The third kappa shape index (κ3) is 4.29. The number of hydrogen-bond acceptors (Lipinski definition) is 3. The molecule has 0 aliphatic heterocycles. The van der Waals surface area contributed by atoms with Crippen LogP contribution in [0.4, 0.5) is 71.5 Å². The van der Waals surface area contributed by atoms with Crippen molar-refractivity contribution in [3.63, 3.8) is 0 Å². The molecule has 0 heterocycles. The Morgan fingerprint density at radius 1 is 0.378 bits per heavy atom. The predicted molar refractivity (Wildman–Crippen MR) is 88.4 cm³/mol. The Morgan fingerprint density at radius 2 is 0.595 bits per heavy atom. The minimum absolute atomic E-state index is 1.77. The van der Waals surface area contributed by atoms with Gasteiger partial charge in [0.05, 0.1) is 0 Å². The second kappa shape index (κ2) is 9.15. The number of nitrogens with two attached hydrogens (primary N) is 1. The minimum atomic E-state index is -6.03. The maximum atomic E-state index is 14.3. The molecule has 37 heavy (non-hydrogen) atoms. The van der Waals surface area contributed by atoms with E-state index in [2.05, 4.69) is 15.2 Å². The lowest BCUT2D eigenvalue weighted by Crippen LogP contribution is -2.16. The fourth-order valence-electron chi connectivity index (χ4n) is 2.64. The van der Waals surface area contributed by atoms with E-state index in [0.717, 1.165) is 0 Å². The molecule has 0 bridgehead atoms. The molecule has 200 valence electrons. The minimum Gasteiger partial charge on any atom is -0.444 e. The van der Waals surface area contributed by atoms with Crippen LogP contribution >= 0.6 is 0 Å². The quantitative estimate of drug-likeness (QED) is 0.204. The average molecular weight is 561 g/mol. The number of halogens is 15. The lowest BCUT2D eigenvalue weighted by molar-refractivity contribution is -0.143. The summed E-state index contributed by atoms with van der Waals surface area (Å²) in [6.45, 7) is 0. The maximum Gasteiger partial charge on any atom is 0.422 e. The Morgan fingerprint density at radius 3 is 0.838 bits per heavy atom. The van der Waals surface area contributed by atoms with Crippen LogP contribution in [0.5, 0.6) is 23.0 Å². The van der Waals surface area contributed by atoms with Gasteiger partial charge in [0.15, 0.2) is 23.3 Å². The molecular formula is C19H2F15NO2. The van der Waals surface area contributed by atoms with Gasteiger partial charge < -0.3 is 15.2 Å². The first-order valence-electron chi connectivity index (χ1n) is 8.69. The molecule has 3 aromatic carbocycles. The Bertz CT molecular complexity index is 1360. The van der Waals surface area contributed by atoms with Crippen LogP contribution in [0.25, 0.3) is 0 Å². The highest BCUT2D eigenvalue weighted by atomic mass is 19.4. The molecule has 3 rings (SSSR count). The summed E-state index contributed by atoms with van der Waals surface area (Å²) in [7, 11) is 0. The Balaban J connectivity index is 2.18. The summed E-state index contributed by atoms with van der Waals surface area (Å²) in [5.41, 5.74) is -0.230. The van der Waals surface area contributed by atoms with Crippen molar-refractivity contribution in [2.24, 2.45) is 0 Å². The standard InChI is InChI=1S/C19H2F15NO2/c20-2-1(19(32,33)34)3(21)7(25)15(6(2)24)36-17-10(28)12(30)18(13(31)11(17)29)37-16-8(26)4(22)14(35)5(23)9(16)27/h35H2. The van der Waals surface area contributed by atoms with Crippen molar-refractivity contribution >= 4 is 5.69 Å². The molecule has 0 atom stereocenters. The number of nitrogen functional groups attached to an aromatic ring is 1. The summed E-state index contributed by atoms with van der Waals surface area (Å²) in [4.78, 5) is 0. The van der Waals surface area contributed by atoms with Gasteiger partial charge in [-0.1, -0.05) is 0 Å². The fourth-order valence-corrected chi connectivity index (χ4v) is 2.64. The molecule has 0 saturated carbocycles. The number of hydrogen-bond donors (Lipinski definition) is 1. The Hall–Kier alpha value is -3.99. The van der Waals surface area contributed by atoms with Crippen molar-refractivity contribution in [3.05, 3.63) is 75.4 Å². The topological polar surface area (TPSA) is 44.5 Å². The first-order chi connectivity index (χ1) is 16.9. The molecule has 0 amide bonds. The van der Waals surface area contributed by atoms with E-state index >= 15 is 0 Å². The Labute approximate surface area is 192 Å². The molecule has 0 fully saturated rings. The van der Waals surface area contributed by atoms with E-state index in [4.69, 9.17) is 0 Å². The highest BCUT2D eigenvalue weighted by Crippen LogP contribution is 2.44. The van der Waals surface area contributed by atoms with Crippen LogP contribution in [0.2, 0.25) is 0 Å². The largest absolute Gasteiger partial charge is 0.444 e. The Kier molecular flexibility index (Phi) is 6.82.